The van der Waals surface area contributed by atoms with E-state index >= 15 is 0 Å². The topological polar surface area (TPSA) is 44.9 Å². The number of aromatic nitrogens is 1. The Kier molecular flexibility index (Phi) is 3.65. The van der Waals surface area contributed by atoms with E-state index in [0.717, 1.165) is 37.1 Å². The summed E-state index contributed by atoms with van der Waals surface area (Å²) in [6.45, 7) is 0.747. The molecule has 1 aromatic heterocycles. The third-order valence-corrected chi connectivity index (χ3v) is 7.06. The molecule has 6 rings (SSSR count). The van der Waals surface area contributed by atoms with Crippen molar-refractivity contribution in [2.45, 2.75) is 51.4 Å². The first-order valence-corrected chi connectivity index (χ1v) is 10.0. The van der Waals surface area contributed by atoms with E-state index in [4.69, 9.17) is 0 Å². The first kappa shape index (κ1) is 15.5. The molecule has 1 aromatic carbocycles. The van der Waals surface area contributed by atoms with Crippen molar-refractivity contribution in [2.75, 3.05) is 6.54 Å². The average molecular weight is 336 g/mol. The lowest BCUT2D eigenvalue weighted by Gasteiger charge is -2.56. The van der Waals surface area contributed by atoms with Gasteiger partial charge in [0, 0.05) is 24.7 Å². The van der Waals surface area contributed by atoms with Crippen molar-refractivity contribution >= 4 is 16.8 Å². The Morgan fingerprint density at radius 3 is 2.52 bits per heavy atom. The van der Waals surface area contributed by atoms with Crippen LogP contribution in [-0.4, -0.2) is 17.4 Å². The van der Waals surface area contributed by atoms with Gasteiger partial charge in [-0.15, -0.1) is 0 Å². The number of H-pyrrole nitrogens is 1. The van der Waals surface area contributed by atoms with Crippen molar-refractivity contribution in [3.05, 3.63) is 36.0 Å². The Morgan fingerprint density at radius 2 is 1.80 bits per heavy atom. The standard InChI is InChI=1S/C22H28N2O/c25-21(14-22-11-16-7-17(12-22)9-18(8-16)13-22)24-5-3-15-1-2-19-4-6-23-20(19)10-15/h1-2,4,6,10,16-18,23H,3,5,7-9,11-14H2,(H,24,25). The summed E-state index contributed by atoms with van der Waals surface area (Å²) < 4.78 is 0. The monoisotopic (exact) mass is 336 g/mol. The fourth-order valence-electron chi connectivity index (χ4n) is 6.51. The molecule has 4 aliphatic rings. The smallest absolute Gasteiger partial charge is 0.220 e. The Morgan fingerprint density at radius 1 is 1.08 bits per heavy atom. The molecule has 0 aliphatic heterocycles. The molecular formula is C22H28N2O. The van der Waals surface area contributed by atoms with Gasteiger partial charge in [0.15, 0.2) is 0 Å². The highest BCUT2D eigenvalue weighted by atomic mass is 16.1. The van der Waals surface area contributed by atoms with Crippen LogP contribution in [0.1, 0.15) is 50.5 Å². The number of carbonyl (C=O) groups is 1. The maximum Gasteiger partial charge on any atom is 0.220 e. The van der Waals surface area contributed by atoms with E-state index < -0.39 is 0 Å². The fraction of sp³-hybridized carbons (Fsp3) is 0.591. The normalized spacial score (nSPS) is 33.0. The molecule has 4 fully saturated rings. The molecule has 1 amide bonds. The molecule has 2 N–H and O–H groups in total. The minimum Gasteiger partial charge on any atom is -0.361 e. The zero-order valence-electron chi connectivity index (χ0n) is 14.9. The summed E-state index contributed by atoms with van der Waals surface area (Å²) in [5.41, 5.74) is 2.81. The minimum atomic E-state index is 0.280. The van der Waals surface area contributed by atoms with Crippen molar-refractivity contribution in [1.82, 2.24) is 10.3 Å². The molecule has 1 heterocycles. The van der Waals surface area contributed by atoms with E-state index in [1.807, 2.05) is 6.20 Å². The molecule has 0 spiro atoms. The first-order chi connectivity index (χ1) is 12.2. The summed E-state index contributed by atoms with van der Waals surface area (Å²) in [5.74, 6) is 3.05. The zero-order valence-corrected chi connectivity index (χ0v) is 14.9. The van der Waals surface area contributed by atoms with Crippen LogP contribution in [0.5, 0.6) is 0 Å². The quantitative estimate of drug-likeness (QED) is 0.833. The summed E-state index contributed by atoms with van der Waals surface area (Å²) in [5, 5.41) is 4.44. The van der Waals surface area contributed by atoms with Crippen molar-refractivity contribution in [2.24, 2.45) is 23.2 Å². The maximum atomic E-state index is 12.6. The second kappa shape index (κ2) is 5.89. The van der Waals surface area contributed by atoms with Gasteiger partial charge in [0.25, 0.3) is 0 Å². The summed E-state index contributed by atoms with van der Waals surface area (Å²) in [4.78, 5) is 15.8. The molecule has 4 aliphatic carbocycles. The number of nitrogens with one attached hydrogen (secondary N) is 2. The Hall–Kier alpha value is -1.77. The molecule has 132 valence electrons. The van der Waals surface area contributed by atoms with Gasteiger partial charge in [0.05, 0.1) is 0 Å². The van der Waals surface area contributed by atoms with Crippen LogP contribution in [0.3, 0.4) is 0 Å². The third kappa shape index (κ3) is 2.98. The van der Waals surface area contributed by atoms with E-state index in [2.05, 4.69) is 34.6 Å². The van der Waals surface area contributed by atoms with Gasteiger partial charge < -0.3 is 10.3 Å². The predicted molar refractivity (Wildman–Crippen MR) is 100 cm³/mol. The number of hydrogen-bond acceptors (Lipinski definition) is 1. The maximum absolute atomic E-state index is 12.6. The van der Waals surface area contributed by atoms with Crippen molar-refractivity contribution < 1.29 is 4.79 Å². The number of rotatable bonds is 5. The van der Waals surface area contributed by atoms with Gasteiger partial charge in [-0.05, 0) is 91.2 Å². The van der Waals surface area contributed by atoms with Crippen LogP contribution in [0.4, 0.5) is 0 Å². The summed E-state index contributed by atoms with van der Waals surface area (Å²) in [6.07, 6.45) is 11.9. The number of fused-ring (bicyclic) bond motifs is 1. The molecule has 0 unspecified atom stereocenters. The van der Waals surface area contributed by atoms with Gasteiger partial charge in [-0.25, -0.2) is 0 Å². The SMILES string of the molecule is O=C(CC12CC3CC(CC(C3)C1)C2)NCCc1ccc2cc[nH]c2c1. The van der Waals surface area contributed by atoms with E-state index in [1.54, 1.807) is 0 Å². The van der Waals surface area contributed by atoms with Crippen LogP contribution in [0.15, 0.2) is 30.5 Å². The largest absolute Gasteiger partial charge is 0.361 e. The number of amides is 1. The lowest BCUT2D eigenvalue weighted by molar-refractivity contribution is -0.129. The summed E-state index contributed by atoms with van der Waals surface area (Å²) >= 11 is 0. The van der Waals surface area contributed by atoms with Crippen LogP contribution in [0.2, 0.25) is 0 Å². The number of carbonyl (C=O) groups excluding carboxylic acids is 1. The predicted octanol–water partition coefficient (Wildman–Crippen LogP) is 4.43. The second-order valence-corrected chi connectivity index (χ2v) is 9.09. The van der Waals surface area contributed by atoms with Crippen LogP contribution in [-0.2, 0) is 11.2 Å². The Labute approximate surface area is 149 Å². The lowest BCUT2D eigenvalue weighted by atomic mass is 9.49. The third-order valence-electron chi connectivity index (χ3n) is 7.06. The molecule has 4 saturated carbocycles. The Balaban J connectivity index is 1.16. The molecule has 0 atom stereocenters. The van der Waals surface area contributed by atoms with Gasteiger partial charge in [-0.3, -0.25) is 4.79 Å². The van der Waals surface area contributed by atoms with Crippen molar-refractivity contribution in [3.8, 4) is 0 Å². The van der Waals surface area contributed by atoms with Crippen LogP contribution in [0, 0.1) is 23.2 Å². The van der Waals surface area contributed by atoms with Gasteiger partial charge in [-0.1, -0.05) is 12.1 Å². The minimum absolute atomic E-state index is 0.280. The second-order valence-electron chi connectivity index (χ2n) is 9.09. The van der Waals surface area contributed by atoms with Gasteiger partial charge in [0.2, 0.25) is 5.91 Å². The highest BCUT2D eigenvalue weighted by molar-refractivity contribution is 5.80. The molecule has 0 saturated heterocycles. The lowest BCUT2D eigenvalue weighted by Crippen LogP contribution is -2.48. The zero-order chi connectivity index (χ0) is 16.9. The fourth-order valence-corrected chi connectivity index (χ4v) is 6.51. The van der Waals surface area contributed by atoms with E-state index in [1.165, 1.54) is 55.0 Å². The molecule has 25 heavy (non-hydrogen) atoms. The van der Waals surface area contributed by atoms with Gasteiger partial charge >= 0.3 is 0 Å². The number of benzene rings is 1. The van der Waals surface area contributed by atoms with Crippen LogP contribution >= 0.6 is 0 Å². The average Bonchev–Trinajstić information content (AvgIpc) is 3.00. The van der Waals surface area contributed by atoms with E-state index in [9.17, 15) is 4.79 Å². The van der Waals surface area contributed by atoms with E-state index in [0.29, 0.717) is 5.41 Å². The highest BCUT2D eigenvalue weighted by Gasteiger charge is 2.51. The summed E-state index contributed by atoms with van der Waals surface area (Å²) in [6, 6.07) is 8.60. The number of hydrogen-bond donors (Lipinski definition) is 2. The molecular weight excluding hydrogens is 308 g/mol. The molecule has 4 bridgehead atoms. The molecule has 2 aromatic rings. The van der Waals surface area contributed by atoms with Crippen molar-refractivity contribution in [3.63, 3.8) is 0 Å². The van der Waals surface area contributed by atoms with E-state index in [-0.39, 0.29) is 5.91 Å². The first-order valence-electron chi connectivity index (χ1n) is 10.0. The Bertz CT molecular complexity index is 755. The van der Waals surface area contributed by atoms with Crippen LogP contribution in [0.25, 0.3) is 10.9 Å². The van der Waals surface area contributed by atoms with Crippen molar-refractivity contribution in [1.29, 1.82) is 0 Å². The number of aromatic amines is 1. The van der Waals surface area contributed by atoms with Gasteiger partial charge in [0.1, 0.15) is 0 Å². The molecule has 0 radical (unpaired) electrons. The molecule has 3 heteroatoms. The highest BCUT2D eigenvalue weighted by Crippen LogP contribution is 2.61. The van der Waals surface area contributed by atoms with Crippen LogP contribution < -0.4 is 5.32 Å². The summed E-state index contributed by atoms with van der Waals surface area (Å²) in [7, 11) is 0. The van der Waals surface area contributed by atoms with Gasteiger partial charge in [-0.2, -0.15) is 0 Å². The molecule has 3 nitrogen and oxygen atoms in total.